The van der Waals surface area contributed by atoms with Gasteiger partial charge in [-0.2, -0.15) is 0 Å². The van der Waals surface area contributed by atoms with Gasteiger partial charge in [-0.05, 0) is 38.6 Å². The lowest BCUT2D eigenvalue weighted by Gasteiger charge is -2.32. The van der Waals surface area contributed by atoms with Crippen molar-refractivity contribution in [3.63, 3.8) is 0 Å². The number of carbonyl (C=O) groups is 1. The van der Waals surface area contributed by atoms with Gasteiger partial charge >= 0.3 is 0 Å². The summed E-state index contributed by atoms with van der Waals surface area (Å²) < 4.78 is 11.3. The molecule has 0 N–H and O–H groups in total. The van der Waals surface area contributed by atoms with Crippen LogP contribution in [0, 0.1) is 5.92 Å². The van der Waals surface area contributed by atoms with Gasteiger partial charge in [0.2, 0.25) is 5.91 Å². The Kier molecular flexibility index (Phi) is 6.93. The van der Waals surface area contributed by atoms with Crippen molar-refractivity contribution in [2.24, 2.45) is 5.92 Å². The van der Waals surface area contributed by atoms with Crippen LogP contribution in [0.2, 0.25) is 0 Å². The molecule has 138 valence electrons. The maximum atomic E-state index is 12.5. The van der Waals surface area contributed by atoms with Gasteiger partial charge in [-0.25, -0.2) is 0 Å². The Bertz CT molecular complexity index is 392. The van der Waals surface area contributed by atoms with E-state index in [4.69, 9.17) is 9.47 Å². The minimum absolute atomic E-state index is 0.182. The Balaban J connectivity index is 1.46. The highest BCUT2D eigenvalue weighted by molar-refractivity contribution is 5.76. The van der Waals surface area contributed by atoms with Gasteiger partial charge in [0.25, 0.3) is 0 Å². The first-order valence-electron chi connectivity index (χ1n) is 9.89. The number of ether oxygens (including phenoxy) is 2. The van der Waals surface area contributed by atoms with E-state index < -0.39 is 0 Å². The second-order valence-corrected chi connectivity index (χ2v) is 7.83. The molecule has 5 nitrogen and oxygen atoms in total. The number of likely N-dealkylation sites (tertiary alicyclic amines) is 1. The molecule has 0 radical (unpaired) electrons. The third-order valence-electron chi connectivity index (χ3n) is 5.98. The largest absolute Gasteiger partial charge is 0.376 e. The molecule has 24 heavy (non-hydrogen) atoms. The molecule has 1 aliphatic carbocycles. The predicted octanol–water partition coefficient (Wildman–Crippen LogP) is 2.29. The highest BCUT2D eigenvalue weighted by Gasteiger charge is 2.28. The molecule has 3 aliphatic rings. The molecule has 0 aromatic carbocycles. The second-order valence-electron chi connectivity index (χ2n) is 7.83. The van der Waals surface area contributed by atoms with Crippen LogP contribution in [0.15, 0.2) is 0 Å². The molecule has 0 aromatic rings. The number of nitrogens with zero attached hydrogens (tertiary/aromatic N) is 2. The Labute approximate surface area is 146 Å². The Morgan fingerprint density at radius 3 is 2.71 bits per heavy atom. The van der Waals surface area contributed by atoms with Crippen molar-refractivity contribution in [2.75, 3.05) is 46.5 Å². The topological polar surface area (TPSA) is 42.0 Å². The van der Waals surface area contributed by atoms with Crippen LogP contribution >= 0.6 is 0 Å². The zero-order valence-electron chi connectivity index (χ0n) is 15.3. The fraction of sp³-hybridized carbons (Fsp3) is 0.947. The van der Waals surface area contributed by atoms with Crippen LogP contribution in [0.3, 0.4) is 0 Å². The van der Waals surface area contributed by atoms with Crippen molar-refractivity contribution < 1.29 is 14.3 Å². The Morgan fingerprint density at radius 1 is 1.12 bits per heavy atom. The quantitative estimate of drug-likeness (QED) is 0.771. The molecule has 5 heteroatoms. The van der Waals surface area contributed by atoms with Crippen LogP contribution in [0.4, 0.5) is 0 Å². The number of carbonyl (C=O) groups excluding carboxylic acids is 1. The third kappa shape index (κ3) is 5.17. The van der Waals surface area contributed by atoms with E-state index >= 15 is 0 Å². The normalized spacial score (nSPS) is 30.6. The van der Waals surface area contributed by atoms with Crippen molar-refractivity contribution in [2.45, 2.75) is 63.5 Å². The van der Waals surface area contributed by atoms with E-state index in [9.17, 15) is 4.79 Å². The molecule has 3 rings (SSSR count). The number of rotatable bonds is 5. The summed E-state index contributed by atoms with van der Waals surface area (Å²) in [6.45, 7) is 4.94. The molecule has 0 bridgehead atoms. The van der Waals surface area contributed by atoms with Gasteiger partial charge in [-0.15, -0.1) is 0 Å². The maximum absolute atomic E-state index is 12.5. The monoisotopic (exact) mass is 338 g/mol. The van der Waals surface area contributed by atoms with Gasteiger partial charge in [0.15, 0.2) is 0 Å². The predicted molar refractivity (Wildman–Crippen MR) is 94.0 cm³/mol. The van der Waals surface area contributed by atoms with Crippen LogP contribution in [-0.4, -0.2) is 74.4 Å². The van der Waals surface area contributed by atoms with Gasteiger partial charge in [-0.3, -0.25) is 4.79 Å². The Hall–Kier alpha value is -0.650. The summed E-state index contributed by atoms with van der Waals surface area (Å²) in [4.78, 5) is 17.1. The zero-order chi connectivity index (χ0) is 16.8. The second kappa shape index (κ2) is 9.16. The van der Waals surface area contributed by atoms with Crippen LogP contribution in [0.5, 0.6) is 0 Å². The first-order valence-corrected chi connectivity index (χ1v) is 9.89. The highest BCUT2D eigenvalue weighted by atomic mass is 16.6. The van der Waals surface area contributed by atoms with E-state index in [0.29, 0.717) is 38.2 Å². The fourth-order valence-electron chi connectivity index (χ4n) is 4.45. The number of hydrogen-bond donors (Lipinski definition) is 0. The van der Waals surface area contributed by atoms with Crippen molar-refractivity contribution in [3.05, 3.63) is 0 Å². The molecular weight excluding hydrogens is 304 g/mol. The van der Waals surface area contributed by atoms with Gasteiger partial charge in [0, 0.05) is 32.1 Å². The summed E-state index contributed by atoms with van der Waals surface area (Å²) in [6, 6.07) is 0.482. The first kappa shape index (κ1) is 18.2. The third-order valence-corrected chi connectivity index (χ3v) is 5.98. The summed E-state index contributed by atoms with van der Waals surface area (Å²) in [5, 5.41) is 0. The minimum atomic E-state index is 0.182. The summed E-state index contributed by atoms with van der Waals surface area (Å²) >= 11 is 0. The first-order chi connectivity index (χ1) is 11.7. The Morgan fingerprint density at radius 2 is 1.96 bits per heavy atom. The van der Waals surface area contributed by atoms with E-state index in [1.165, 1.54) is 32.1 Å². The van der Waals surface area contributed by atoms with E-state index in [-0.39, 0.29) is 6.10 Å². The maximum Gasteiger partial charge on any atom is 0.222 e. The number of likely N-dealkylation sites (N-methyl/N-ethyl adjacent to an activating group) is 1. The van der Waals surface area contributed by atoms with Crippen molar-refractivity contribution in [3.8, 4) is 0 Å². The zero-order valence-corrected chi connectivity index (χ0v) is 15.3. The van der Waals surface area contributed by atoms with Gasteiger partial charge < -0.3 is 19.3 Å². The van der Waals surface area contributed by atoms with E-state index in [2.05, 4.69) is 16.8 Å². The number of amides is 1. The van der Waals surface area contributed by atoms with E-state index in [1.54, 1.807) is 0 Å². The highest BCUT2D eigenvalue weighted by Crippen LogP contribution is 2.26. The van der Waals surface area contributed by atoms with Crippen molar-refractivity contribution in [1.29, 1.82) is 0 Å². The molecule has 1 amide bonds. The molecular formula is C19H34N2O3. The van der Waals surface area contributed by atoms with Crippen molar-refractivity contribution in [1.82, 2.24) is 9.80 Å². The lowest BCUT2D eigenvalue weighted by Crippen LogP contribution is -2.43. The molecule has 0 spiro atoms. The van der Waals surface area contributed by atoms with Crippen LogP contribution in [-0.2, 0) is 14.3 Å². The number of hydrogen-bond acceptors (Lipinski definition) is 4. The fourth-order valence-corrected chi connectivity index (χ4v) is 4.45. The minimum Gasteiger partial charge on any atom is -0.376 e. The molecule has 1 saturated carbocycles. The molecule has 0 unspecified atom stereocenters. The summed E-state index contributed by atoms with van der Waals surface area (Å²) in [5.41, 5.74) is 0. The lowest BCUT2D eigenvalue weighted by atomic mass is 9.89. The van der Waals surface area contributed by atoms with Crippen LogP contribution < -0.4 is 0 Å². The van der Waals surface area contributed by atoms with Crippen LogP contribution in [0.25, 0.3) is 0 Å². The molecule has 0 aromatic heterocycles. The summed E-state index contributed by atoms with van der Waals surface area (Å²) in [5.74, 6) is 1.11. The molecule has 2 aliphatic heterocycles. The summed E-state index contributed by atoms with van der Waals surface area (Å²) in [7, 11) is 2.17. The van der Waals surface area contributed by atoms with Gasteiger partial charge in [0.05, 0.1) is 25.9 Å². The standard InChI is InChI=1S/C19H34N2O3/c1-20(14-18-15-23-11-12-24-18)17-7-8-19(22)21(10-9-17)13-16-5-3-2-4-6-16/h16-18H,2-15H2,1H3/t17-,18+/m0/s1. The van der Waals surface area contributed by atoms with E-state index in [0.717, 1.165) is 38.4 Å². The lowest BCUT2D eigenvalue weighted by molar-refractivity contribution is -0.131. The van der Waals surface area contributed by atoms with Crippen LogP contribution in [0.1, 0.15) is 51.4 Å². The molecule has 2 heterocycles. The molecule has 3 fully saturated rings. The molecule has 2 atom stereocenters. The van der Waals surface area contributed by atoms with Crippen molar-refractivity contribution >= 4 is 5.91 Å². The SMILES string of the molecule is CN(C[C@@H]1COCCO1)[C@H]1CCC(=O)N(CC2CCCCC2)CC1. The van der Waals surface area contributed by atoms with E-state index in [1.807, 2.05) is 0 Å². The smallest absolute Gasteiger partial charge is 0.222 e. The summed E-state index contributed by atoms with van der Waals surface area (Å²) in [6.07, 6.45) is 9.64. The van der Waals surface area contributed by atoms with Gasteiger partial charge in [-0.1, -0.05) is 19.3 Å². The average molecular weight is 338 g/mol. The molecule has 2 saturated heterocycles. The van der Waals surface area contributed by atoms with Gasteiger partial charge in [0.1, 0.15) is 0 Å². The average Bonchev–Trinajstić information content (AvgIpc) is 2.79.